The molecule has 0 fully saturated rings. The van der Waals surface area contributed by atoms with Gasteiger partial charge in [-0.15, -0.1) is 11.6 Å². The van der Waals surface area contributed by atoms with Gasteiger partial charge in [0.15, 0.2) is 6.61 Å². The first-order chi connectivity index (χ1) is 3.81. The number of hydrogen-bond donors (Lipinski definition) is 0. The van der Waals surface area contributed by atoms with Crippen molar-refractivity contribution in [2.45, 2.75) is 0 Å². The Kier molecular flexibility index (Phi) is 4.45. The lowest BCUT2D eigenvalue weighted by Crippen LogP contribution is -2.01. The first-order valence-corrected chi connectivity index (χ1v) is 2.47. The summed E-state index contributed by atoms with van der Waals surface area (Å²) in [6, 6.07) is 0. The predicted octanol–water partition coefficient (Wildman–Crippen LogP) is 1.17. The van der Waals surface area contributed by atoms with E-state index in [0.717, 1.165) is 6.61 Å². The summed E-state index contributed by atoms with van der Waals surface area (Å²) in [7, 11) is 1.23. The first kappa shape index (κ1) is 7.56. The van der Waals surface area contributed by atoms with Crippen LogP contribution in [0.25, 0.3) is 0 Å². The van der Waals surface area contributed by atoms with E-state index in [9.17, 15) is 4.79 Å². The van der Waals surface area contributed by atoms with Crippen LogP contribution in [0.3, 0.4) is 0 Å². The second-order valence-corrected chi connectivity index (χ2v) is 1.20. The van der Waals surface area contributed by atoms with Gasteiger partial charge < -0.3 is 9.47 Å². The maximum Gasteiger partial charge on any atom is 0.508 e. The molecule has 0 heterocycles. The van der Waals surface area contributed by atoms with Crippen LogP contribution in [0.2, 0.25) is 0 Å². The van der Waals surface area contributed by atoms with E-state index in [-0.39, 0.29) is 5.88 Å². The third-order valence-electron chi connectivity index (χ3n) is 0.409. The Morgan fingerprint density at radius 2 is 2.50 bits per heavy atom. The fourth-order valence-electron chi connectivity index (χ4n) is 0.148. The Morgan fingerprint density at radius 1 is 1.88 bits per heavy atom. The molecule has 0 aliphatic rings. The maximum absolute atomic E-state index is 10.0. The number of ether oxygens (including phenoxy) is 2. The van der Waals surface area contributed by atoms with Crippen molar-refractivity contribution >= 4 is 17.8 Å². The van der Waals surface area contributed by atoms with Crippen LogP contribution in [-0.4, -0.2) is 19.1 Å². The highest BCUT2D eigenvalue weighted by Crippen LogP contribution is 1.87. The van der Waals surface area contributed by atoms with E-state index < -0.39 is 6.16 Å². The zero-order valence-electron chi connectivity index (χ0n) is 4.39. The van der Waals surface area contributed by atoms with Crippen molar-refractivity contribution in [3.63, 3.8) is 0 Å². The molecule has 0 saturated heterocycles. The molecule has 0 rings (SSSR count). The zero-order chi connectivity index (χ0) is 6.41. The minimum absolute atomic E-state index is 0.176. The van der Waals surface area contributed by atoms with Gasteiger partial charge in [0.2, 0.25) is 0 Å². The van der Waals surface area contributed by atoms with E-state index in [2.05, 4.69) is 9.47 Å². The van der Waals surface area contributed by atoms with Crippen LogP contribution in [0.1, 0.15) is 0 Å². The maximum atomic E-state index is 10.0. The largest absolute Gasteiger partial charge is 0.508 e. The van der Waals surface area contributed by atoms with Crippen molar-refractivity contribution in [1.29, 1.82) is 0 Å². The average Bonchev–Trinajstić information content (AvgIpc) is 1.83. The second-order valence-electron chi connectivity index (χ2n) is 0.893. The van der Waals surface area contributed by atoms with Crippen LogP contribution < -0.4 is 0 Å². The topological polar surface area (TPSA) is 35.5 Å². The third-order valence-corrected chi connectivity index (χ3v) is 0.535. The monoisotopic (exact) mass is 137 g/mol. The van der Waals surface area contributed by atoms with Crippen molar-refractivity contribution in [3.05, 3.63) is 6.61 Å². The average molecular weight is 138 g/mol. The zero-order valence-corrected chi connectivity index (χ0v) is 5.14. The molecule has 0 unspecified atom stereocenters. The molecule has 4 heteroatoms. The van der Waals surface area contributed by atoms with Crippen molar-refractivity contribution in [2.75, 3.05) is 13.0 Å². The lowest BCUT2D eigenvalue weighted by Gasteiger charge is -1.95. The summed E-state index contributed by atoms with van der Waals surface area (Å²) >= 11 is 5.11. The number of halogens is 1. The van der Waals surface area contributed by atoms with Gasteiger partial charge in [-0.3, -0.25) is 0 Å². The van der Waals surface area contributed by atoms with Crippen LogP contribution in [0, 0.1) is 6.61 Å². The summed E-state index contributed by atoms with van der Waals surface area (Å²) in [5, 5.41) is 0. The van der Waals surface area contributed by atoms with Gasteiger partial charge in [0, 0.05) is 0 Å². The van der Waals surface area contributed by atoms with Crippen molar-refractivity contribution in [3.8, 4) is 0 Å². The van der Waals surface area contributed by atoms with Gasteiger partial charge in [-0.2, -0.15) is 0 Å². The number of rotatable bonds is 2. The number of carbonyl (C=O) groups excluding carboxylic acids is 1. The molecular weight excluding hydrogens is 131 g/mol. The molecule has 0 aromatic heterocycles. The smallest absolute Gasteiger partial charge is 0.438 e. The third kappa shape index (κ3) is 3.74. The molecule has 0 aliphatic heterocycles. The molecule has 0 saturated carbocycles. The van der Waals surface area contributed by atoms with Gasteiger partial charge in [0.05, 0.1) is 13.0 Å². The summed E-state index contributed by atoms with van der Waals surface area (Å²) in [4.78, 5) is 10.0. The van der Waals surface area contributed by atoms with Gasteiger partial charge in [-0.05, 0) is 0 Å². The van der Waals surface area contributed by atoms with E-state index >= 15 is 0 Å². The number of methoxy groups -OCH3 is 1. The summed E-state index contributed by atoms with van der Waals surface area (Å²) in [6.45, 7) is 1.15. The normalized spacial score (nSPS) is 8.25. The molecule has 0 aliphatic carbocycles. The Morgan fingerprint density at radius 3 is 2.88 bits per heavy atom. The quantitative estimate of drug-likeness (QED) is 0.423. The summed E-state index contributed by atoms with van der Waals surface area (Å²) < 4.78 is 8.32. The van der Waals surface area contributed by atoms with E-state index in [4.69, 9.17) is 11.6 Å². The molecule has 8 heavy (non-hydrogen) atoms. The molecule has 0 atom stereocenters. The number of hydrogen-bond acceptors (Lipinski definition) is 3. The van der Waals surface area contributed by atoms with Gasteiger partial charge >= 0.3 is 6.16 Å². The first-order valence-electron chi connectivity index (χ1n) is 1.93. The molecule has 0 bridgehead atoms. The lowest BCUT2D eigenvalue weighted by atomic mass is 10.9. The summed E-state index contributed by atoms with van der Waals surface area (Å²) in [6.07, 6.45) is -0.745. The standard InChI is InChI=1S/C4H6ClO3/c1-7-4(6)8-3-2-5/h3H,2H2,1H3. The Hall–Kier alpha value is -0.440. The Bertz CT molecular complexity index is 73.7. The lowest BCUT2D eigenvalue weighted by molar-refractivity contribution is 0.0950. The van der Waals surface area contributed by atoms with Crippen molar-refractivity contribution in [2.24, 2.45) is 0 Å². The molecule has 0 spiro atoms. The van der Waals surface area contributed by atoms with Crippen molar-refractivity contribution < 1.29 is 14.3 Å². The molecule has 47 valence electrons. The summed E-state index contributed by atoms with van der Waals surface area (Å²) in [5.74, 6) is 0.176. The Labute approximate surface area is 52.5 Å². The predicted molar refractivity (Wildman–Crippen MR) is 28.5 cm³/mol. The molecule has 0 amide bonds. The molecule has 1 radical (unpaired) electrons. The van der Waals surface area contributed by atoms with E-state index in [1.165, 1.54) is 7.11 Å². The van der Waals surface area contributed by atoms with Gasteiger partial charge in [0.1, 0.15) is 0 Å². The molecule has 0 aromatic rings. The van der Waals surface area contributed by atoms with Gasteiger partial charge in [0.25, 0.3) is 0 Å². The number of carbonyl (C=O) groups is 1. The van der Waals surface area contributed by atoms with Crippen LogP contribution in [-0.2, 0) is 9.47 Å². The fraction of sp³-hybridized carbons (Fsp3) is 0.500. The highest BCUT2D eigenvalue weighted by molar-refractivity contribution is 6.18. The minimum Gasteiger partial charge on any atom is -0.438 e. The Balaban J connectivity index is 2.99. The highest BCUT2D eigenvalue weighted by atomic mass is 35.5. The SMILES string of the molecule is COC(=O)O[CH]CCl. The van der Waals surface area contributed by atoms with Crippen LogP contribution in [0.4, 0.5) is 4.79 Å². The minimum atomic E-state index is -0.745. The highest BCUT2D eigenvalue weighted by Gasteiger charge is 1.96. The molecular formula is C4H6ClO3. The van der Waals surface area contributed by atoms with Crippen LogP contribution >= 0.6 is 11.6 Å². The van der Waals surface area contributed by atoms with Crippen molar-refractivity contribution in [1.82, 2.24) is 0 Å². The fourth-order valence-corrected chi connectivity index (χ4v) is 0.211. The van der Waals surface area contributed by atoms with E-state index in [1.807, 2.05) is 0 Å². The number of alkyl halides is 1. The van der Waals surface area contributed by atoms with Crippen LogP contribution in [0.5, 0.6) is 0 Å². The molecule has 3 nitrogen and oxygen atoms in total. The van der Waals surface area contributed by atoms with Gasteiger partial charge in [-0.25, -0.2) is 4.79 Å². The molecule has 0 aromatic carbocycles. The van der Waals surface area contributed by atoms with E-state index in [0.29, 0.717) is 0 Å². The van der Waals surface area contributed by atoms with Gasteiger partial charge in [-0.1, -0.05) is 0 Å². The second kappa shape index (κ2) is 4.71. The molecule has 0 N–H and O–H groups in total. The van der Waals surface area contributed by atoms with Crippen LogP contribution in [0.15, 0.2) is 0 Å². The summed E-state index contributed by atoms with van der Waals surface area (Å²) in [5.41, 5.74) is 0. The van der Waals surface area contributed by atoms with E-state index in [1.54, 1.807) is 0 Å².